The minimum atomic E-state index is -0.645. The van der Waals surface area contributed by atoms with E-state index in [0.29, 0.717) is 11.6 Å². The SMILES string of the molecule is O=C(CNC(=O)OCc1ccccc1)NCC(c1ccccc1Cl)c1c[nH]c2ccccc12. The molecular formula is C26H24ClN3O3. The molecule has 0 spiro atoms. The van der Waals surface area contributed by atoms with E-state index >= 15 is 0 Å². The van der Waals surface area contributed by atoms with Gasteiger partial charge in [-0.1, -0.05) is 78.3 Å². The third kappa shape index (κ3) is 5.73. The Morgan fingerprint density at radius 2 is 1.61 bits per heavy atom. The minimum Gasteiger partial charge on any atom is -0.445 e. The molecule has 0 bridgehead atoms. The Labute approximate surface area is 196 Å². The number of ether oxygens (including phenoxy) is 1. The van der Waals surface area contributed by atoms with Gasteiger partial charge in [-0.15, -0.1) is 0 Å². The first-order chi connectivity index (χ1) is 16.1. The number of hydrogen-bond donors (Lipinski definition) is 3. The van der Waals surface area contributed by atoms with Crippen LogP contribution in [0.3, 0.4) is 0 Å². The standard InChI is InChI=1S/C26H24ClN3O3/c27-23-12-6-4-10-19(23)21(22-14-28-24-13-7-5-11-20(22)24)15-29-25(31)16-30-26(32)33-17-18-8-2-1-3-9-18/h1-14,21,28H,15-17H2,(H,29,31)(H,30,32). The number of rotatable bonds is 8. The van der Waals surface area contributed by atoms with Crippen LogP contribution in [-0.2, 0) is 16.1 Å². The van der Waals surface area contributed by atoms with Gasteiger partial charge in [-0.3, -0.25) is 4.79 Å². The molecule has 0 radical (unpaired) electrons. The monoisotopic (exact) mass is 461 g/mol. The highest BCUT2D eigenvalue weighted by atomic mass is 35.5. The van der Waals surface area contributed by atoms with Gasteiger partial charge >= 0.3 is 6.09 Å². The molecule has 1 unspecified atom stereocenters. The van der Waals surface area contributed by atoms with Crippen LogP contribution in [-0.4, -0.2) is 30.1 Å². The summed E-state index contributed by atoms with van der Waals surface area (Å²) in [4.78, 5) is 27.7. The topological polar surface area (TPSA) is 83.2 Å². The lowest BCUT2D eigenvalue weighted by Crippen LogP contribution is -2.38. The summed E-state index contributed by atoms with van der Waals surface area (Å²) in [5.41, 5.74) is 3.84. The number of alkyl carbamates (subject to hydrolysis) is 1. The number of hydrogen-bond acceptors (Lipinski definition) is 3. The summed E-state index contributed by atoms with van der Waals surface area (Å²) in [5, 5.41) is 7.09. The summed E-state index contributed by atoms with van der Waals surface area (Å²) in [5.74, 6) is -0.479. The number of H-pyrrole nitrogens is 1. The van der Waals surface area contributed by atoms with E-state index in [4.69, 9.17) is 16.3 Å². The highest BCUT2D eigenvalue weighted by Crippen LogP contribution is 2.34. The molecule has 0 aliphatic carbocycles. The fourth-order valence-corrected chi connectivity index (χ4v) is 4.00. The van der Waals surface area contributed by atoms with Gasteiger partial charge < -0.3 is 20.4 Å². The molecule has 0 saturated carbocycles. The van der Waals surface area contributed by atoms with E-state index in [1.165, 1.54) is 0 Å². The lowest BCUT2D eigenvalue weighted by atomic mass is 9.90. The van der Waals surface area contributed by atoms with Crippen molar-refractivity contribution in [3.05, 3.63) is 107 Å². The molecule has 4 aromatic rings. The van der Waals surface area contributed by atoms with E-state index in [0.717, 1.165) is 27.6 Å². The molecule has 168 valence electrons. The number of benzene rings is 3. The molecule has 0 aliphatic heterocycles. The van der Waals surface area contributed by atoms with Crippen LogP contribution in [0, 0.1) is 0 Å². The number of amides is 2. The molecule has 33 heavy (non-hydrogen) atoms. The Bertz CT molecular complexity index is 1240. The first kappa shape index (κ1) is 22.4. The molecular weight excluding hydrogens is 438 g/mol. The first-order valence-corrected chi connectivity index (χ1v) is 11.0. The summed E-state index contributed by atoms with van der Waals surface area (Å²) in [7, 11) is 0. The van der Waals surface area contributed by atoms with E-state index < -0.39 is 6.09 Å². The van der Waals surface area contributed by atoms with Gasteiger partial charge in [-0.25, -0.2) is 4.79 Å². The van der Waals surface area contributed by atoms with Crippen molar-refractivity contribution < 1.29 is 14.3 Å². The maximum Gasteiger partial charge on any atom is 0.407 e. The average Bonchev–Trinajstić information content (AvgIpc) is 3.27. The quantitative estimate of drug-likeness (QED) is 0.345. The Hall–Kier alpha value is -3.77. The van der Waals surface area contributed by atoms with Crippen molar-refractivity contribution in [2.75, 3.05) is 13.1 Å². The minimum absolute atomic E-state index is 0.142. The highest BCUT2D eigenvalue weighted by molar-refractivity contribution is 6.31. The summed E-state index contributed by atoms with van der Waals surface area (Å²) < 4.78 is 5.14. The van der Waals surface area contributed by atoms with Crippen LogP contribution in [0.15, 0.2) is 85.1 Å². The lowest BCUT2D eigenvalue weighted by molar-refractivity contribution is -0.120. The Morgan fingerprint density at radius 1 is 0.879 bits per heavy atom. The number of fused-ring (bicyclic) bond motifs is 1. The molecule has 6 nitrogen and oxygen atoms in total. The van der Waals surface area contributed by atoms with Gasteiger partial charge in [0.15, 0.2) is 0 Å². The third-order valence-electron chi connectivity index (χ3n) is 5.39. The largest absolute Gasteiger partial charge is 0.445 e. The third-order valence-corrected chi connectivity index (χ3v) is 5.73. The zero-order chi connectivity index (χ0) is 23.0. The second kappa shape index (κ2) is 10.7. The maximum atomic E-state index is 12.5. The summed E-state index contributed by atoms with van der Waals surface area (Å²) in [6, 6.07) is 24.9. The predicted molar refractivity (Wildman–Crippen MR) is 129 cm³/mol. The van der Waals surface area contributed by atoms with E-state index in [2.05, 4.69) is 15.6 Å². The first-order valence-electron chi connectivity index (χ1n) is 10.6. The fourth-order valence-electron chi connectivity index (χ4n) is 3.73. The molecule has 0 saturated heterocycles. The number of carbonyl (C=O) groups excluding carboxylic acids is 2. The van der Waals surface area contributed by atoms with Crippen molar-refractivity contribution in [1.82, 2.24) is 15.6 Å². The van der Waals surface area contributed by atoms with Crippen molar-refractivity contribution >= 4 is 34.5 Å². The van der Waals surface area contributed by atoms with Gasteiger partial charge in [0.25, 0.3) is 0 Å². The lowest BCUT2D eigenvalue weighted by Gasteiger charge is -2.19. The van der Waals surface area contributed by atoms with Crippen molar-refractivity contribution in [2.45, 2.75) is 12.5 Å². The van der Waals surface area contributed by atoms with E-state index in [1.54, 1.807) is 0 Å². The second-order valence-electron chi connectivity index (χ2n) is 7.58. The summed E-state index contributed by atoms with van der Waals surface area (Å²) >= 11 is 6.49. The molecule has 1 heterocycles. The number of carbonyl (C=O) groups is 2. The summed E-state index contributed by atoms with van der Waals surface area (Å²) in [6.45, 7) is 0.283. The van der Waals surface area contributed by atoms with Gasteiger partial charge in [0.2, 0.25) is 5.91 Å². The van der Waals surface area contributed by atoms with Crippen molar-refractivity contribution in [2.24, 2.45) is 0 Å². The molecule has 7 heteroatoms. The molecule has 2 amide bonds. The van der Waals surface area contributed by atoms with Crippen molar-refractivity contribution in [1.29, 1.82) is 0 Å². The smallest absolute Gasteiger partial charge is 0.407 e. The van der Waals surface area contributed by atoms with Crippen molar-refractivity contribution in [3.8, 4) is 0 Å². The van der Waals surface area contributed by atoms with E-state index in [9.17, 15) is 9.59 Å². The second-order valence-corrected chi connectivity index (χ2v) is 7.99. The van der Waals surface area contributed by atoms with Crippen LogP contribution in [0.25, 0.3) is 10.9 Å². The Morgan fingerprint density at radius 3 is 2.42 bits per heavy atom. The number of aromatic amines is 1. The van der Waals surface area contributed by atoms with Crippen molar-refractivity contribution in [3.63, 3.8) is 0 Å². The molecule has 3 aromatic carbocycles. The number of para-hydroxylation sites is 1. The molecule has 1 aromatic heterocycles. The average molecular weight is 462 g/mol. The molecule has 1 atom stereocenters. The van der Waals surface area contributed by atoms with Gasteiger partial charge in [0, 0.05) is 34.6 Å². The van der Waals surface area contributed by atoms with Gasteiger partial charge in [0.1, 0.15) is 6.61 Å². The molecule has 4 rings (SSSR count). The van der Waals surface area contributed by atoms with E-state index in [1.807, 2.05) is 85.1 Å². The predicted octanol–water partition coefficient (Wildman–Crippen LogP) is 5.00. The Balaban J connectivity index is 1.38. The number of aromatic nitrogens is 1. The molecule has 0 fully saturated rings. The van der Waals surface area contributed by atoms with Crippen LogP contribution in [0.4, 0.5) is 4.79 Å². The molecule has 3 N–H and O–H groups in total. The van der Waals surface area contributed by atoms with Crippen LogP contribution < -0.4 is 10.6 Å². The van der Waals surface area contributed by atoms with Gasteiger partial charge in [-0.05, 0) is 28.8 Å². The fraction of sp³-hybridized carbons (Fsp3) is 0.154. The normalized spacial score (nSPS) is 11.7. The van der Waals surface area contributed by atoms with Gasteiger partial charge in [-0.2, -0.15) is 0 Å². The maximum absolute atomic E-state index is 12.5. The molecule has 0 aliphatic rings. The van der Waals surface area contributed by atoms with Gasteiger partial charge in [0.05, 0.1) is 6.54 Å². The van der Waals surface area contributed by atoms with E-state index in [-0.39, 0.29) is 25.0 Å². The zero-order valence-electron chi connectivity index (χ0n) is 17.9. The number of halogens is 1. The number of nitrogens with one attached hydrogen (secondary N) is 3. The highest BCUT2D eigenvalue weighted by Gasteiger charge is 2.21. The zero-order valence-corrected chi connectivity index (χ0v) is 18.6. The van der Waals surface area contributed by atoms with Crippen LogP contribution in [0.2, 0.25) is 5.02 Å². The van der Waals surface area contributed by atoms with Crippen LogP contribution in [0.5, 0.6) is 0 Å². The summed E-state index contributed by atoms with van der Waals surface area (Å²) in [6.07, 6.45) is 1.30. The van der Waals surface area contributed by atoms with Crippen LogP contribution >= 0.6 is 11.6 Å². The Kier molecular flexibility index (Phi) is 7.27. The van der Waals surface area contributed by atoms with Crippen LogP contribution in [0.1, 0.15) is 22.6 Å².